The first-order chi connectivity index (χ1) is 16.4. The molecule has 0 aliphatic rings. The van der Waals surface area contributed by atoms with Gasteiger partial charge in [-0.15, -0.1) is 0 Å². The van der Waals surface area contributed by atoms with Gasteiger partial charge in [0.2, 0.25) is 0 Å². The maximum Gasteiger partial charge on any atom is 0.252 e. The first kappa shape index (κ1) is 23.1. The van der Waals surface area contributed by atoms with E-state index in [9.17, 15) is 18.5 Å². The summed E-state index contributed by atoms with van der Waals surface area (Å²) in [4.78, 5) is 18.5. The van der Waals surface area contributed by atoms with Crippen LogP contribution in [0.15, 0.2) is 84.9 Å². The second kappa shape index (κ2) is 9.86. The van der Waals surface area contributed by atoms with Gasteiger partial charge in [0.05, 0.1) is 41.1 Å². The van der Waals surface area contributed by atoms with Gasteiger partial charge in [-0.2, -0.15) is 5.26 Å². The van der Waals surface area contributed by atoms with E-state index in [1.807, 2.05) is 66.7 Å². The Morgan fingerprint density at radius 1 is 0.971 bits per heavy atom. The number of aromatic nitrogens is 1. The van der Waals surface area contributed by atoms with Crippen molar-refractivity contribution in [2.45, 2.75) is 18.2 Å². The van der Waals surface area contributed by atoms with Gasteiger partial charge >= 0.3 is 0 Å². The summed E-state index contributed by atoms with van der Waals surface area (Å²) in [5.41, 5.74) is 3.15. The fraction of sp³-hybridized carbons (Fsp3) is 0.148. The fourth-order valence-electron chi connectivity index (χ4n) is 4.01. The largest absolute Gasteiger partial charge is 0.344 e. The highest BCUT2D eigenvalue weighted by atomic mass is 32.2. The van der Waals surface area contributed by atoms with Crippen LogP contribution >= 0.6 is 0 Å². The van der Waals surface area contributed by atoms with Crippen molar-refractivity contribution in [2.24, 2.45) is 0 Å². The van der Waals surface area contributed by atoms with Crippen molar-refractivity contribution in [3.63, 3.8) is 0 Å². The number of hydrogen-bond donors (Lipinski definition) is 1. The number of benzene rings is 3. The van der Waals surface area contributed by atoms with Crippen LogP contribution in [0.25, 0.3) is 22.2 Å². The molecule has 0 aliphatic heterocycles. The van der Waals surface area contributed by atoms with E-state index in [1.165, 1.54) is 0 Å². The third kappa shape index (κ3) is 5.13. The molecule has 6 nitrogen and oxygen atoms in total. The fourth-order valence-corrected chi connectivity index (χ4v) is 4.81. The molecule has 4 rings (SSSR count). The van der Waals surface area contributed by atoms with Gasteiger partial charge in [0.25, 0.3) is 5.91 Å². The molecular weight excluding hydrogens is 446 g/mol. The van der Waals surface area contributed by atoms with Crippen molar-refractivity contribution in [3.05, 3.63) is 102 Å². The van der Waals surface area contributed by atoms with Gasteiger partial charge in [0.15, 0.2) is 9.84 Å². The predicted octanol–water partition coefficient (Wildman–Crippen LogP) is 4.83. The van der Waals surface area contributed by atoms with Crippen molar-refractivity contribution in [1.29, 1.82) is 5.26 Å². The van der Waals surface area contributed by atoms with Crippen LogP contribution in [0.1, 0.15) is 33.9 Å². The summed E-state index contributed by atoms with van der Waals surface area (Å²) in [7, 11) is -3.50. The summed E-state index contributed by atoms with van der Waals surface area (Å²) in [5, 5.41) is 12.9. The van der Waals surface area contributed by atoms with Gasteiger partial charge in [-0.25, -0.2) is 13.4 Å². The summed E-state index contributed by atoms with van der Waals surface area (Å²) in [5.74, 6) is -0.787. The molecule has 0 aliphatic carbocycles. The molecule has 1 heterocycles. The number of pyridine rings is 1. The van der Waals surface area contributed by atoms with Crippen molar-refractivity contribution in [1.82, 2.24) is 10.3 Å². The molecule has 0 radical (unpaired) electrons. The maximum absolute atomic E-state index is 13.8. The second-order valence-corrected chi connectivity index (χ2v) is 10.2. The molecule has 4 aromatic rings. The topological polar surface area (TPSA) is 99.9 Å². The number of para-hydroxylation sites is 1. The molecule has 0 spiro atoms. The van der Waals surface area contributed by atoms with Crippen LogP contribution in [-0.2, 0) is 15.6 Å². The highest BCUT2D eigenvalue weighted by molar-refractivity contribution is 7.89. The van der Waals surface area contributed by atoms with Crippen molar-refractivity contribution in [2.75, 3.05) is 6.26 Å². The Kier molecular flexibility index (Phi) is 6.71. The van der Waals surface area contributed by atoms with Crippen LogP contribution < -0.4 is 5.32 Å². The summed E-state index contributed by atoms with van der Waals surface area (Å²) in [6, 6.07) is 27.2. The quantitative estimate of drug-likeness (QED) is 0.418. The van der Waals surface area contributed by atoms with Crippen molar-refractivity contribution in [3.8, 4) is 17.3 Å². The van der Waals surface area contributed by atoms with Gasteiger partial charge in [0.1, 0.15) is 0 Å². The zero-order valence-corrected chi connectivity index (χ0v) is 19.4. The smallest absolute Gasteiger partial charge is 0.252 e. The van der Waals surface area contributed by atoms with Crippen molar-refractivity contribution < 1.29 is 13.2 Å². The standard InChI is InChI=1S/C27H23N3O3S/c1-34(32,33)18-22-25(27(31)30-23(16-17-28)19-10-4-2-5-11-19)21-14-8-9-15-24(21)29-26(22)20-12-6-3-7-13-20/h2-15,23H,16,18H2,1H3,(H,30,31). The van der Waals surface area contributed by atoms with Crippen LogP contribution in [0.3, 0.4) is 0 Å². The Labute approximate surface area is 198 Å². The summed E-state index contributed by atoms with van der Waals surface area (Å²) >= 11 is 0. The lowest BCUT2D eigenvalue weighted by Crippen LogP contribution is -2.30. The van der Waals surface area contributed by atoms with Gasteiger partial charge in [-0.05, 0) is 11.6 Å². The first-order valence-corrected chi connectivity index (χ1v) is 12.8. The SMILES string of the molecule is CS(=O)(=O)Cc1c(-c2ccccc2)nc2ccccc2c1C(=O)NC(CC#N)c1ccccc1. The molecule has 1 unspecified atom stereocenters. The van der Waals surface area contributed by atoms with E-state index in [2.05, 4.69) is 11.4 Å². The zero-order chi connectivity index (χ0) is 24.1. The second-order valence-electron chi connectivity index (χ2n) is 8.07. The maximum atomic E-state index is 13.8. The Morgan fingerprint density at radius 2 is 1.59 bits per heavy atom. The Bertz CT molecular complexity index is 1480. The molecule has 0 saturated carbocycles. The number of nitrogens with zero attached hydrogens (tertiary/aromatic N) is 2. The van der Waals surface area contributed by atoms with E-state index >= 15 is 0 Å². The average molecular weight is 470 g/mol. The van der Waals surface area contributed by atoms with Crippen LogP contribution in [0.5, 0.6) is 0 Å². The lowest BCUT2D eigenvalue weighted by atomic mass is 9.96. The molecule has 7 heteroatoms. The van der Waals surface area contributed by atoms with Gasteiger partial charge in [0, 0.05) is 22.8 Å². The van der Waals surface area contributed by atoms with E-state index in [4.69, 9.17) is 4.98 Å². The van der Waals surface area contributed by atoms with Gasteiger partial charge in [-0.1, -0.05) is 78.9 Å². The number of carbonyl (C=O) groups excluding carboxylic acids is 1. The molecule has 1 N–H and O–H groups in total. The lowest BCUT2D eigenvalue weighted by molar-refractivity contribution is 0.0938. The molecule has 1 atom stereocenters. The van der Waals surface area contributed by atoms with E-state index in [1.54, 1.807) is 18.2 Å². The van der Waals surface area contributed by atoms with Crippen LogP contribution in [-0.4, -0.2) is 25.6 Å². The van der Waals surface area contributed by atoms with Crippen LogP contribution in [0, 0.1) is 11.3 Å². The predicted molar refractivity (Wildman–Crippen MR) is 133 cm³/mol. The van der Waals surface area contributed by atoms with E-state index in [-0.39, 0.29) is 17.7 Å². The van der Waals surface area contributed by atoms with E-state index < -0.39 is 21.8 Å². The lowest BCUT2D eigenvalue weighted by Gasteiger charge is -2.20. The third-order valence-electron chi connectivity index (χ3n) is 5.48. The average Bonchev–Trinajstić information content (AvgIpc) is 2.83. The van der Waals surface area contributed by atoms with Gasteiger partial charge < -0.3 is 5.32 Å². The number of nitrogens with one attached hydrogen (secondary N) is 1. The van der Waals surface area contributed by atoms with Crippen LogP contribution in [0.2, 0.25) is 0 Å². The van der Waals surface area contributed by atoms with Crippen LogP contribution in [0.4, 0.5) is 0 Å². The summed E-state index contributed by atoms with van der Waals surface area (Å²) in [6.07, 6.45) is 1.22. The molecule has 1 amide bonds. The number of nitriles is 1. The zero-order valence-electron chi connectivity index (χ0n) is 18.6. The monoisotopic (exact) mass is 469 g/mol. The number of hydrogen-bond acceptors (Lipinski definition) is 5. The Morgan fingerprint density at radius 3 is 2.24 bits per heavy atom. The van der Waals surface area contributed by atoms with E-state index in [0.717, 1.165) is 17.4 Å². The normalized spacial score (nSPS) is 12.1. The molecule has 170 valence electrons. The number of amides is 1. The summed E-state index contributed by atoms with van der Waals surface area (Å²) in [6.45, 7) is 0. The van der Waals surface area contributed by atoms with Gasteiger partial charge in [-0.3, -0.25) is 4.79 Å². The Hall–Kier alpha value is -4.02. The highest BCUT2D eigenvalue weighted by Crippen LogP contribution is 2.32. The minimum Gasteiger partial charge on any atom is -0.344 e. The van der Waals surface area contributed by atoms with Crippen molar-refractivity contribution >= 4 is 26.6 Å². The number of fused-ring (bicyclic) bond motifs is 1. The Balaban J connectivity index is 1.93. The number of sulfone groups is 1. The molecule has 0 bridgehead atoms. The van der Waals surface area contributed by atoms with E-state index in [0.29, 0.717) is 22.2 Å². The molecule has 34 heavy (non-hydrogen) atoms. The number of carbonyl (C=O) groups is 1. The molecule has 0 fully saturated rings. The molecule has 3 aromatic carbocycles. The highest BCUT2D eigenvalue weighted by Gasteiger charge is 2.26. The molecule has 1 aromatic heterocycles. The molecule has 0 saturated heterocycles. The third-order valence-corrected chi connectivity index (χ3v) is 6.29. The summed E-state index contributed by atoms with van der Waals surface area (Å²) < 4.78 is 24.9. The minimum absolute atomic E-state index is 0.0751. The number of rotatable bonds is 7. The minimum atomic E-state index is -3.50. The first-order valence-electron chi connectivity index (χ1n) is 10.7. The molecular formula is C27H23N3O3S.